The Hall–Kier alpha value is -0.860. The molecule has 1 rings (SSSR count). The van der Waals surface area contributed by atoms with Gasteiger partial charge in [0.15, 0.2) is 0 Å². The molecule has 0 radical (unpaired) electrons. The fourth-order valence-electron chi connectivity index (χ4n) is 1.64. The van der Waals surface area contributed by atoms with Crippen LogP contribution < -0.4 is 14.8 Å². The van der Waals surface area contributed by atoms with Crippen molar-refractivity contribution < 1.29 is 17.9 Å². The van der Waals surface area contributed by atoms with Crippen molar-refractivity contribution >= 4 is 16.3 Å². The molecule has 94 valence electrons. The maximum atomic E-state index is 11.4. The van der Waals surface area contributed by atoms with Crippen LogP contribution in [0.3, 0.4) is 0 Å². The molecule has 0 spiro atoms. The number of hydrogen-bond acceptors (Lipinski definition) is 5. The maximum absolute atomic E-state index is 11.4. The largest absolute Gasteiger partial charge is 0.452 e. The van der Waals surface area contributed by atoms with Gasteiger partial charge in [0.2, 0.25) is 0 Å². The van der Waals surface area contributed by atoms with E-state index in [-0.39, 0.29) is 12.1 Å². The Bertz CT molecular complexity index is 343. The summed E-state index contributed by atoms with van der Waals surface area (Å²) in [7, 11) is -2.71. The summed E-state index contributed by atoms with van der Waals surface area (Å²) in [5, 5.41) is 3.20. The van der Waals surface area contributed by atoms with Crippen LogP contribution in [-0.2, 0) is 14.9 Å². The summed E-state index contributed by atoms with van der Waals surface area (Å²) < 4.78 is 31.2. The number of nitrogens with one attached hydrogen (secondary N) is 3. The summed E-state index contributed by atoms with van der Waals surface area (Å²) in [4.78, 5) is 10.8. The molecule has 0 aromatic heterocycles. The number of amides is 1. The zero-order valence-corrected chi connectivity index (χ0v) is 10.1. The van der Waals surface area contributed by atoms with Gasteiger partial charge in [-0.05, 0) is 26.3 Å². The molecular weight excluding hydrogens is 234 g/mol. The van der Waals surface area contributed by atoms with Crippen LogP contribution in [-0.4, -0.2) is 40.2 Å². The zero-order chi connectivity index (χ0) is 12.2. The summed E-state index contributed by atoms with van der Waals surface area (Å²) in [6.45, 7) is 2.74. The third kappa shape index (κ3) is 4.33. The van der Waals surface area contributed by atoms with Crippen molar-refractivity contribution in [3.05, 3.63) is 0 Å². The van der Waals surface area contributed by atoms with E-state index in [4.69, 9.17) is 0 Å². The minimum Gasteiger partial charge on any atom is -0.452 e. The molecule has 0 aromatic rings. The predicted octanol–water partition coefficient (Wildman–Crippen LogP) is -0.683. The molecule has 7 nitrogen and oxygen atoms in total. The standard InChI is InChI=1S/C8H17N3O4S/c1-6-5-7(3-4-9-6)10-16(13,14)11-8(12)15-2/h6-7,9-10H,3-5H2,1-2H3,(H,11,12). The molecule has 1 aliphatic heterocycles. The number of piperidine rings is 1. The fourth-order valence-corrected chi connectivity index (χ4v) is 2.65. The van der Waals surface area contributed by atoms with Crippen molar-refractivity contribution in [2.24, 2.45) is 0 Å². The van der Waals surface area contributed by atoms with E-state index in [2.05, 4.69) is 14.8 Å². The van der Waals surface area contributed by atoms with Gasteiger partial charge in [-0.15, -0.1) is 0 Å². The number of methoxy groups -OCH3 is 1. The van der Waals surface area contributed by atoms with Gasteiger partial charge in [-0.25, -0.2) is 9.52 Å². The zero-order valence-electron chi connectivity index (χ0n) is 9.32. The molecule has 0 aromatic carbocycles. The Labute approximate surface area is 95.1 Å². The minimum atomic E-state index is -3.82. The van der Waals surface area contributed by atoms with Crippen molar-refractivity contribution in [2.45, 2.75) is 31.8 Å². The minimum absolute atomic E-state index is 0.154. The van der Waals surface area contributed by atoms with E-state index >= 15 is 0 Å². The Balaban J connectivity index is 2.48. The summed E-state index contributed by atoms with van der Waals surface area (Å²) in [5.74, 6) is 0. The molecule has 0 bridgehead atoms. The number of rotatable bonds is 3. The molecule has 1 amide bonds. The first kappa shape index (κ1) is 13.2. The molecule has 3 N–H and O–H groups in total. The Morgan fingerprint density at radius 2 is 2.19 bits per heavy atom. The fraction of sp³-hybridized carbons (Fsp3) is 0.875. The first-order valence-corrected chi connectivity index (χ1v) is 6.52. The second kappa shape index (κ2) is 5.46. The van der Waals surface area contributed by atoms with Gasteiger partial charge in [0.05, 0.1) is 7.11 Å². The van der Waals surface area contributed by atoms with Gasteiger partial charge in [-0.3, -0.25) is 0 Å². The summed E-state index contributed by atoms with van der Waals surface area (Å²) in [6.07, 6.45) is 0.406. The van der Waals surface area contributed by atoms with E-state index in [0.29, 0.717) is 12.8 Å². The molecule has 1 heterocycles. The molecule has 2 atom stereocenters. The van der Waals surface area contributed by atoms with Gasteiger partial charge in [0.1, 0.15) is 0 Å². The van der Waals surface area contributed by atoms with Gasteiger partial charge in [-0.2, -0.15) is 13.1 Å². The maximum Gasteiger partial charge on any atom is 0.421 e. The Morgan fingerprint density at radius 1 is 1.50 bits per heavy atom. The first-order chi connectivity index (χ1) is 7.43. The third-order valence-corrected chi connectivity index (χ3v) is 3.43. The molecule has 2 unspecified atom stereocenters. The van der Waals surface area contributed by atoms with Crippen molar-refractivity contribution in [3.63, 3.8) is 0 Å². The van der Waals surface area contributed by atoms with Gasteiger partial charge in [0.25, 0.3) is 0 Å². The van der Waals surface area contributed by atoms with Gasteiger partial charge in [-0.1, -0.05) is 0 Å². The predicted molar refractivity (Wildman–Crippen MR) is 58.1 cm³/mol. The smallest absolute Gasteiger partial charge is 0.421 e. The first-order valence-electron chi connectivity index (χ1n) is 5.04. The lowest BCUT2D eigenvalue weighted by Gasteiger charge is -2.28. The van der Waals surface area contributed by atoms with Crippen LogP contribution in [0.5, 0.6) is 0 Å². The number of hydrogen-bond donors (Lipinski definition) is 3. The van der Waals surface area contributed by atoms with Crippen LogP contribution >= 0.6 is 0 Å². The highest BCUT2D eigenvalue weighted by atomic mass is 32.2. The Morgan fingerprint density at radius 3 is 2.75 bits per heavy atom. The number of ether oxygens (including phenoxy) is 1. The second-order valence-electron chi connectivity index (χ2n) is 3.79. The molecule has 0 saturated carbocycles. The molecule has 1 fully saturated rings. The van der Waals surface area contributed by atoms with Crippen LogP contribution in [0.2, 0.25) is 0 Å². The van der Waals surface area contributed by atoms with Crippen molar-refractivity contribution in [1.82, 2.24) is 14.8 Å². The quantitative estimate of drug-likeness (QED) is 0.617. The monoisotopic (exact) mass is 251 g/mol. The van der Waals surface area contributed by atoms with Crippen LogP contribution in [0.15, 0.2) is 0 Å². The van der Waals surface area contributed by atoms with E-state index in [1.165, 1.54) is 0 Å². The molecule has 16 heavy (non-hydrogen) atoms. The number of carbonyl (C=O) groups excluding carboxylic acids is 1. The lowest BCUT2D eigenvalue weighted by Crippen LogP contribution is -2.50. The third-order valence-electron chi connectivity index (χ3n) is 2.35. The van der Waals surface area contributed by atoms with E-state index in [9.17, 15) is 13.2 Å². The lowest BCUT2D eigenvalue weighted by molar-refractivity contribution is 0.177. The van der Waals surface area contributed by atoms with Crippen molar-refractivity contribution in [1.29, 1.82) is 0 Å². The Kier molecular flexibility index (Phi) is 4.51. The van der Waals surface area contributed by atoms with Crippen LogP contribution in [0.4, 0.5) is 4.79 Å². The van der Waals surface area contributed by atoms with Crippen molar-refractivity contribution in [2.75, 3.05) is 13.7 Å². The molecule has 8 heteroatoms. The van der Waals surface area contributed by atoms with Crippen LogP contribution in [0.25, 0.3) is 0 Å². The van der Waals surface area contributed by atoms with E-state index in [1.807, 2.05) is 6.92 Å². The molecule has 1 aliphatic rings. The van der Waals surface area contributed by atoms with Gasteiger partial charge >= 0.3 is 16.3 Å². The van der Waals surface area contributed by atoms with Crippen LogP contribution in [0.1, 0.15) is 19.8 Å². The summed E-state index contributed by atoms with van der Waals surface area (Å²) >= 11 is 0. The van der Waals surface area contributed by atoms with Gasteiger partial charge < -0.3 is 10.1 Å². The highest BCUT2D eigenvalue weighted by molar-refractivity contribution is 7.88. The SMILES string of the molecule is COC(=O)NS(=O)(=O)NC1CCNC(C)C1. The summed E-state index contributed by atoms with van der Waals surface area (Å²) in [5.41, 5.74) is 0. The normalized spacial score (nSPS) is 26.1. The highest BCUT2D eigenvalue weighted by Crippen LogP contribution is 2.08. The van der Waals surface area contributed by atoms with Crippen LogP contribution in [0, 0.1) is 0 Å². The highest BCUT2D eigenvalue weighted by Gasteiger charge is 2.24. The molecule has 1 saturated heterocycles. The van der Waals surface area contributed by atoms with E-state index < -0.39 is 16.3 Å². The van der Waals surface area contributed by atoms with E-state index in [0.717, 1.165) is 13.7 Å². The number of carbonyl (C=O) groups is 1. The van der Waals surface area contributed by atoms with Gasteiger partial charge in [0, 0.05) is 12.1 Å². The van der Waals surface area contributed by atoms with Crippen molar-refractivity contribution in [3.8, 4) is 0 Å². The lowest BCUT2D eigenvalue weighted by atomic mass is 10.0. The molecular formula is C8H17N3O4S. The topological polar surface area (TPSA) is 96.5 Å². The summed E-state index contributed by atoms with van der Waals surface area (Å²) in [6, 6.07) is 0.109. The van der Waals surface area contributed by atoms with E-state index in [1.54, 1.807) is 4.72 Å². The molecule has 0 aliphatic carbocycles. The second-order valence-corrected chi connectivity index (χ2v) is 5.24. The average Bonchev–Trinajstić information content (AvgIpc) is 2.15. The average molecular weight is 251 g/mol.